The van der Waals surface area contributed by atoms with Gasteiger partial charge in [-0.1, -0.05) is 0 Å². The van der Waals surface area contributed by atoms with E-state index in [1.54, 1.807) is 31.4 Å². The summed E-state index contributed by atoms with van der Waals surface area (Å²) in [5, 5.41) is 0. The number of ether oxygens (including phenoxy) is 3. The van der Waals surface area contributed by atoms with Crippen LogP contribution in [0.25, 0.3) is 0 Å². The summed E-state index contributed by atoms with van der Waals surface area (Å²) in [4.78, 5) is 19.5. The summed E-state index contributed by atoms with van der Waals surface area (Å²) in [5.41, 5.74) is 1.49. The summed E-state index contributed by atoms with van der Waals surface area (Å²) in [7, 11) is 1.63. The van der Waals surface area contributed by atoms with E-state index in [2.05, 4.69) is 4.98 Å². The molecule has 1 atom stereocenters. The van der Waals surface area contributed by atoms with E-state index in [1.165, 1.54) is 0 Å². The molecule has 1 unspecified atom stereocenters. The second-order valence-corrected chi connectivity index (χ2v) is 7.76. The molecule has 3 heterocycles. The molecule has 7 heteroatoms. The molecule has 2 aromatic carbocycles. The molecule has 31 heavy (non-hydrogen) atoms. The highest BCUT2D eigenvalue weighted by atomic mass is 16.5. The highest BCUT2D eigenvalue weighted by molar-refractivity contribution is 5.94. The van der Waals surface area contributed by atoms with E-state index in [4.69, 9.17) is 18.6 Å². The number of aromatic nitrogens is 1. The quantitative estimate of drug-likeness (QED) is 0.617. The van der Waals surface area contributed by atoms with Gasteiger partial charge in [-0.25, -0.2) is 4.98 Å². The molecule has 1 aromatic heterocycles. The maximum Gasteiger partial charge on any atom is 0.254 e. The van der Waals surface area contributed by atoms with Crippen LogP contribution >= 0.6 is 0 Å². The number of carbonyl (C=O) groups excluding carboxylic acids is 1. The van der Waals surface area contributed by atoms with Crippen LogP contribution in [0.15, 0.2) is 52.9 Å². The number of amides is 1. The number of nitrogens with zero attached hydrogens (tertiary/aromatic N) is 2. The molecule has 1 saturated heterocycles. The molecule has 0 bridgehead atoms. The zero-order chi connectivity index (χ0) is 21.2. The van der Waals surface area contributed by atoms with Crippen molar-refractivity contribution in [2.45, 2.75) is 25.3 Å². The fraction of sp³-hybridized carbons (Fsp3) is 0.333. The van der Waals surface area contributed by atoms with Crippen molar-refractivity contribution in [2.75, 3.05) is 26.9 Å². The summed E-state index contributed by atoms with van der Waals surface area (Å²) >= 11 is 0. The second kappa shape index (κ2) is 8.43. The van der Waals surface area contributed by atoms with Gasteiger partial charge in [0.25, 0.3) is 5.91 Å². The first kappa shape index (κ1) is 19.6. The van der Waals surface area contributed by atoms with Crippen molar-refractivity contribution in [2.24, 2.45) is 0 Å². The Kier molecular flexibility index (Phi) is 5.34. The van der Waals surface area contributed by atoms with Gasteiger partial charge < -0.3 is 23.5 Å². The predicted octanol–water partition coefficient (Wildman–Crippen LogP) is 4.18. The molecule has 2 aliphatic rings. The van der Waals surface area contributed by atoms with Crippen LogP contribution in [-0.4, -0.2) is 42.7 Å². The largest absolute Gasteiger partial charge is 0.497 e. The average Bonchev–Trinajstić information content (AvgIpc) is 3.49. The van der Waals surface area contributed by atoms with Gasteiger partial charge in [-0.05, 0) is 55.0 Å². The SMILES string of the molecule is COc1ccc(Oc2ccc(C(=O)N3CCc4oc(C5CCOC5)nc4C3)cc2)cc1. The minimum atomic E-state index is -0.0182. The third-order valence-corrected chi connectivity index (χ3v) is 5.71. The number of rotatable bonds is 5. The summed E-state index contributed by atoms with van der Waals surface area (Å²) in [6.07, 6.45) is 1.62. The van der Waals surface area contributed by atoms with E-state index in [1.807, 2.05) is 29.2 Å². The van der Waals surface area contributed by atoms with E-state index in [-0.39, 0.29) is 11.8 Å². The number of oxazole rings is 1. The molecule has 0 aliphatic carbocycles. The van der Waals surface area contributed by atoms with Crippen LogP contribution in [0.1, 0.15) is 40.0 Å². The van der Waals surface area contributed by atoms with Gasteiger partial charge in [-0.3, -0.25) is 4.79 Å². The van der Waals surface area contributed by atoms with Gasteiger partial charge in [-0.15, -0.1) is 0 Å². The number of hydrogen-bond donors (Lipinski definition) is 0. The van der Waals surface area contributed by atoms with Crippen molar-refractivity contribution in [3.05, 3.63) is 71.4 Å². The van der Waals surface area contributed by atoms with Crippen molar-refractivity contribution < 1.29 is 23.4 Å². The van der Waals surface area contributed by atoms with E-state index in [0.29, 0.717) is 43.2 Å². The molecular formula is C24H24N2O5. The monoisotopic (exact) mass is 420 g/mol. The first-order valence-electron chi connectivity index (χ1n) is 10.5. The van der Waals surface area contributed by atoms with Crippen molar-refractivity contribution in [3.8, 4) is 17.2 Å². The Hall–Kier alpha value is -3.32. The van der Waals surface area contributed by atoms with Gasteiger partial charge in [0.2, 0.25) is 0 Å². The molecule has 1 fully saturated rings. The zero-order valence-corrected chi connectivity index (χ0v) is 17.4. The summed E-state index contributed by atoms with van der Waals surface area (Å²) < 4.78 is 22.4. The van der Waals surface area contributed by atoms with Crippen molar-refractivity contribution in [3.63, 3.8) is 0 Å². The van der Waals surface area contributed by atoms with Crippen LogP contribution in [0.3, 0.4) is 0 Å². The first-order valence-corrected chi connectivity index (χ1v) is 10.5. The summed E-state index contributed by atoms with van der Waals surface area (Å²) in [6, 6.07) is 14.6. The average molecular weight is 420 g/mol. The van der Waals surface area contributed by atoms with Gasteiger partial charge in [0, 0.05) is 25.1 Å². The topological polar surface area (TPSA) is 74.0 Å². The van der Waals surface area contributed by atoms with Crippen LogP contribution in [0.5, 0.6) is 17.2 Å². The number of fused-ring (bicyclic) bond motifs is 1. The molecule has 5 rings (SSSR count). The lowest BCUT2D eigenvalue weighted by atomic mass is 10.1. The molecule has 0 spiro atoms. The number of carbonyl (C=O) groups is 1. The van der Waals surface area contributed by atoms with E-state index in [9.17, 15) is 4.79 Å². The summed E-state index contributed by atoms with van der Waals surface area (Å²) in [5.74, 6) is 4.00. The second-order valence-electron chi connectivity index (χ2n) is 7.76. The standard InChI is InChI=1S/C24H24N2O5/c1-28-18-6-8-20(9-7-18)30-19-4-2-16(3-5-19)24(27)26-12-10-22-21(14-26)25-23(31-22)17-11-13-29-15-17/h2-9,17H,10-15H2,1H3. The van der Waals surface area contributed by atoms with Crippen LogP contribution in [-0.2, 0) is 17.7 Å². The number of hydrogen-bond acceptors (Lipinski definition) is 6. The van der Waals surface area contributed by atoms with Crippen molar-refractivity contribution in [1.29, 1.82) is 0 Å². The molecule has 0 saturated carbocycles. The van der Waals surface area contributed by atoms with Crippen LogP contribution < -0.4 is 9.47 Å². The van der Waals surface area contributed by atoms with Gasteiger partial charge in [-0.2, -0.15) is 0 Å². The highest BCUT2D eigenvalue weighted by Crippen LogP contribution is 2.30. The van der Waals surface area contributed by atoms with Crippen LogP contribution in [0.4, 0.5) is 0 Å². The Bertz CT molecular complexity index is 1050. The lowest BCUT2D eigenvalue weighted by Crippen LogP contribution is -2.35. The molecule has 160 valence electrons. The Balaban J connectivity index is 1.24. The van der Waals surface area contributed by atoms with Gasteiger partial charge >= 0.3 is 0 Å². The van der Waals surface area contributed by atoms with Gasteiger partial charge in [0.1, 0.15) is 28.7 Å². The molecule has 2 aliphatic heterocycles. The molecule has 3 aromatic rings. The van der Waals surface area contributed by atoms with E-state index < -0.39 is 0 Å². The molecule has 0 N–H and O–H groups in total. The maximum atomic E-state index is 13.0. The van der Waals surface area contributed by atoms with Crippen LogP contribution in [0.2, 0.25) is 0 Å². The lowest BCUT2D eigenvalue weighted by Gasteiger charge is -2.25. The number of methoxy groups -OCH3 is 1. The molecule has 7 nitrogen and oxygen atoms in total. The first-order chi connectivity index (χ1) is 15.2. The third-order valence-electron chi connectivity index (χ3n) is 5.71. The Morgan fingerprint density at radius 2 is 1.77 bits per heavy atom. The van der Waals surface area contributed by atoms with Crippen LogP contribution in [0, 0.1) is 0 Å². The minimum Gasteiger partial charge on any atom is -0.497 e. The minimum absolute atomic E-state index is 0.0182. The Labute approximate surface area is 180 Å². The van der Waals surface area contributed by atoms with Crippen molar-refractivity contribution >= 4 is 5.91 Å². The Morgan fingerprint density at radius 1 is 1.06 bits per heavy atom. The Morgan fingerprint density at radius 3 is 2.45 bits per heavy atom. The van der Waals surface area contributed by atoms with E-state index >= 15 is 0 Å². The highest BCUT2D eigenvalue weighted by Gasteiger charge is 2.29. The molecule has 1 amide bonds. The molecular weight excluding hydrogens is 396 g/mol. The number of benzene rings is 2. The van der Waals surface area contributed by atoms with E-state index in [0.717, 1.165) is 36.1 Å². The maximum absolute atomic E-state index is 13.0. The smallest absolute Gasteiger partial charge is 0.254 e. The predicted molar refractivity (Wildman–Crippen MR) is 113 cm³/mol. The van der Waals surface area contributed by atoms with Gasteiger partial charge in [0.05, 0.1) is 26.2 Å². The third kappa shape index (κ3) is 4.14. The van der Waals surface area contributed by atoms with Crippen molar-refractivity contribution in [1.82, 2.24) is 9.88 Å². The zero-order valence-electron chi connectivity index (χ0n) is 17.4. The lowest BCUT2D eigenvalue weighted by molar-refractivity contribution is 0.0728. The summed E-state index contributed by atoms with van der Waals surface area (Å²) in [6.45, 7) is 2.49. The van der Waals surface area contributed by atoms with Gasteiger partial charge in [0.15, 0.2) is 5.89 Å². The molecule has 0 radical (unpaired) electrons. The normalized spacial score (nSPS) is 18.0. The fourth-order valence-corrected chi connectivity index (χ4v) is 3.92. The fourth-order valence-electron chi connectivity index (χ4n) is 3.92.